The van der Waals surface area contributed by atoms with Gasteiger partial charge in [0.15, 0.2) is 5.75 Å². The lowest BCUT2D eigenvalue weighted by Crippen LogP contribution is -2.24. The second-order valence-corrected chi connectivity index (χ2v) is 12.1. The van der Waals surface area contributed by atoms with Crippen LogP contribution >= 0.6 is 0 Å². The Morgan fingerprint density at radius 3 is 2.12 bits per heavy atom. The number of sulfonamides is 1. The third-order valence-corrected chi connectivity index (χ3v) is 6.92. The summed E-state index contributed by atoms with van der Waals surface area (Å²) in [6, 6.07) is 17.7. The van der Waals surface area contributed by atoms with Gasteiger partial charge in [-0.05, 0) is 51.6 Å². The number of aromatic nitrogens is 1. The van der Waals surface area contributed by atoms with Crippen molar-refractivity contribution in [1.82, 2.24) is 4.98 Å². The quantitative estimate of drug-likeness (QED) is 0.218. The first kappa shape index (κ1) is 28.6. The van der Waals surface area contributed by atoms with Crippen LogP contribution in [0.2, 0.25) is 0 Å². The van der Waals surface area contributed by atoms with Crippen LogP contribution in [0.5, 0.6) is 11.6 Å². The van der Waals surface area contributed by atoms with E-state index in [2.05, 4.69) is 15.0 Å². The Hall–Kier alpha value is -4.44. The van der Waals surface area contributed by atoms with E-state index in [0.717, 1.165) is 28.3 Å². The Morgan fingerprint density at radius 1 is 0.875 bits per heavy atom. The number of hydrogen-bond donors (Lipinski definition) is 2. The van der Waals surface area contributed by atoms with Crippen molar-refractivity contribution >= 4 is 43.9 Å². The summed E-state index contributed by atoms with van der Waals surface area (Å²) >= 11 is 0. The smallest absolute Gasteiger partial charge is 0.296 e. The molecule has 0 saturated heterocycles. The largest absolute Gasteiger partial charge is 0.492 e. The predicted molar refractivity (Wildman–Crippen MR) is 157 cm³/mol. The number of amides is 1. The number of methoxy groups -OCH3 is 2. The number of nitrogens with zero attached hydrogens (tertiary/aromatic N) is 1. The molecule has 0 aliphatic carbocycles. The summed E-state index contributed by atoms with van der Waals surface area (Å²) in [5.74, 6) is -1.07. The lowest BCUT2D eigenvalue weighted by molar-refractivity contribution is -0.112. The molecule has 3 aromatic carbocycles. The van der Waals surface area contributed by atoms with Gasteiger partial charge in [-0.25, -0.2) is 13.4 Å². The van der Waals surface area contributed by atoms with Crippen molar-refractivity contribution in [3.63, 3.8) is 0 Å². The van der Waals surface area contributed by atoms with Gasteiger partial charge < -0.3 is 14.8 Å². The van der Waals surface area contributed by atoms with Crippen molar-refractivity contribution in [2.45, 2.75) is 26.2 Å². The van der Waals surface area contributed by atoms with Crippen LogP contribution in [-0.2, 0) is 20.2 Å². The van der Waals surface area contributed by atoms with Crippen molar-refractivity contribution in [3.05, 3.63) is 78.0 Å². The molecule has 208 valence electrons. The first-order valence-corrected chi connectivity index (χ1v) is 14.3. The zero-order chi connectivity index (χ0) is 29.2. The van der Waals surface area contributed by atoms with Crippen molar-refractivity contribution in [2.24, 2.45) is 0 Å². The third-order valence-electron chi connectivity index (χ3n) is 6.33. The fraction of sp³-hybridized carbons (Fsp3) is 0.233. The summed E-state index contributed by atoms with van der Waals surface area (Å²) in [4.78, 5) is 31.1. The molecule has 0 radical (unpaired) electrons. The van der Waals surface area contributed by atoms with E-state index in [1.54, 1.807) is 55.8 Å². The number of carbonyl (C=O) groups is 2. The molecular weight excluding hydrogens is 530 g/mol. The van der Waals surface area contributed by atoms with Crippen LogP contribution in [-0.4, -0.2) is 45.6 Å². The minimum Gasteiger partial charge on any atom is -0.492 e. The summed E-state index contributed by atoms with van der Waals surface area (Å²) < 4.78 is 37.1. The molecule has 10 heteroatoms. The molecular formula is C30H31N3O6S. The van der Waals surface area contributed by atoms with Crippen LogP contribution < -0.4 is 19.5 Å². The monoisotopic (exact) mass is 561 g/mol. The van der Waals surface area contributed by atoms with Gasteiger partial charge in [0.2, 0.25) is 15.9 Å². The number of carbonyl (C=O) groups excluding carboxylic acids is 2. The molecule has 2 N–H and O–H groups in total. The summed E-state index contributed by atoms with van der Waals surface area (Å²) in [6.45, 7) is 5.84. The average Bonchev–Trinajstić information content (AvgIpc) is 2.90. The van der Waals surface area contributed by atoms with E-state index in [9.17, 15) is 18.0 Å². The molecule has 40 heavy (non-hydrogen) atoms. The summed E-state index contributed by atoms with van der Waals surface area (Å²) in [6.07, 6.45) is 2.71. The molecule has 1 amide bonds. The molecule has 0 saturated carbocycles. The van der Waals surface area contributed by atoms with E-state index in [-0.39, 0.29) is 22.7 Å². The molecule has 0 aliphatic heterocycles. The van der Waals surface area contributed by atoms with Gasteiger partial charge >= 0.3 is 0 Å². The SMILES string of the molecule is COc1ccc(-c2ccc(C(=O)C(=O)Nc3cc(C(C)(C)C)cc(NS(C)(=O)=O)c3OC)c3ccccc23)cn1. The Kier molecular flexibility index (Phi) is 7.84. The summed E-state index contributed by atoms with van der Waals surface area (Å²) in [7, 11) is -0.752. The van der Waals surface area contributed by atoms with Crippen molar-refractivity contribution in [2.75, 3.05) is 30.5 Å². The van der Waals surface area contributed by atoms with E-state index in [1.165, 1.54) is 7.11 Å². The van der Waals surface area contributed by atoms with Gasteiger partial charge in [-0.3, -0.25) is 14.3 Å². The van der Waals surface area contributed by atoms with Gasteiger partial charge in [0.1, 0.15) is 0 Å². The topological polar surface area (TPSA) is 124 Å². The molecule has 9 nitrogen and oxygen atoms in total. The van der Waals surface area contributed by atoms with E-state index >= 15 is 0 Å². The Balaban J connectivity index is 1.75. The predicted octanol–water partition coefficient (Wildman–Crippen LogP) is 5.41. The van der Waals surface area contributed by atoms with E-state index in [0.29, 0.717) is 11.3 Å². The first-order valence-electron chi connectivity index (χ1n) is 12.4. The van der Waals surface area contributed by atoms with Gasteiger partial charge in [-0.15, -0.1) is 0 Å². The van der Waals surface area contributed by atoms with Gasteiger partial charge in [0, 0.05) is 23.4 Å². The van der Waals surface area contributed by atoms with Gasteiger partial charge in [-0.2, -0.15) is 0 Å². The lowest BCUT2D eigenvalue weighted by atomic mass is 9.86. The molecule has 1 aromatic heterocycles. The van der Waals surface area contributed by atoms with Crippen LogP contribution in [0.1, 0.15) is 36.7 Å². The third kappa shape index (κ3) is 6.07. The molecule has 0 bridgehead atoms. The number of hydrogen-bond acceptors (Lipinski definition) is 7. The van der Waals surface area contributed by atoms with Crippen LogP contribution in [0.3, 0.4) is 0 Å². The number of rotatable bonds is 8. The maximum absolute atomic E-state index is 13.5. The highest BCUT2D eigenvalue weighted by atomic mass is 32.2. The van der Waals surface area contributed by atoms with Crippen LogP contribution in [0.4, 0.5) is 11.4 Å². The number of pyridine rings is 1. The van der Waals surface area contributed by atoms with Crippen molar-refractivity contribution < 1.29 is 27.5 Å². The Bertz CT molecular complexity index is 1710. The Labute approximate surface area is 233 Å². The highest BCUT2D eigenvalue weighted by molar-refractivity contribution is 7.92. The van der Waals surface area contributed by atoms with Gasteiger partial charge in [-0.1, -0.05) is 51.1 Å². The van der Waals surface area contributed by atoms with E-state index < -0.39 is 27.1 Å². The summed E-state index contributed by atoms with van der Waals surface area (Å²) in [5, 5.41) is 4.03. The molecule has 0 aliphatic rings. The highest BCUT2D eigenvalue weighted by Crippen LogP contribution is 2.39. The minimum atomic E-state index is -3.65. The van der Waals surface area contributed by atoms with E-state index in [1.807, 2.05) is 39.0 Å². The molecule has 0 unspecified atom stereocenters. The van der Waals surface area contributed by atoms with Gasteiger partial charge in [0.25, 0.3) is 11.7 Å². The fourth-order valence-corrected chi connectivity index (χ4v) is 4.91. The molecule has 4 rings (SSSR count). The molecule has 1 heterocycles. The molecule has 4 aromatic rings. The maximum atomic E-state index is 13.5. The van der Waals surface area contributed by atoms with E-state index in [4.69, 9.17) is 9.47 Å². The maximum Gasteiger partial charge on any atom is 0.296 e. The Morgan fingerprint density at radius 2 is 1.55 bits per heavy atom. The first-order chi connectivity index (χ1) is 18.8. The van der Waals surface area contributed by atoms with Gasteiger partial charge in [0.05, 0.1) is 31.9 Å². The number of ether oxygens (including phenoxy) is 2. The van der Waals surface area contributed by atoms with Crippen LogP contribution in [0.25, 0.3) is 21.9 Å². The zero-order valence-electron chi connectivity index (χ0n) is 23.2. The van der Waals surface area contributed by atoms with Crippen molar-refractivity contribution in [1.29, 1.82) is 0 Å². The normalized spacial score (nSPS) is 11.7. The number of Topliss-reactive ketones (excluding diaryl/α,β-unsaturated/α-hetero) is 1. The highest BCUT2D eigenvalue weighted by Gasteiger charge is 2.25. The zero-order valence-corrected chi connectivity index (χ0v) is 24.0. The lowest BCUT2D eigenvalue weighted by Gasteiger charge is -2.23. The molecule has 0 fully saturated rings. The molecule has 0 atom stereocenters. The average molecular weight is 562 g/mol. The number of fused-ring (bicyclic) bond motifs is 1. The number of ketones is 1. The second kappa shape index (κ2) is 11.0. The van der Waals surface area contributed by atoms with Crippen LogP contribution in [0, 0.1) is 0 Å². The number of benzene rings is 3. The van der Waals surface area contributed by atoms with Crippen molar-refractivity contribution in [3.8, 4) is 22.8 Å². The minimum absolute atomic E-state index is 0.0896. The summed E-state index contributed by atoms with van der Waals surface area (Å²) in [5.41, 5.74) is 2.55. The molecule has 0 spiro atoms. The number of nitrogens with one attached hydrogen (secondary N) is 2. The second-order valence-electron chi connectivity index (χ2n) is 10.3. The standard InChI is InChI=1S/C30H31N3O6S/c1-30(2,3)19-15-24(28(39-5)25(16-19)33-40(6,36)37)32-29(35)27(34)23-13-12-20(21-9-7-8-10-22(21)23)18-11-14-26(38-4)31-17-18/h7-17,33H,1-6H3,(H,32,35). The fourth-order valence-electron chi connectivity index (χ4n) is 4.36. The number of anilines is 2. The van der Waals surface area contributed by atoms with Crippen LogP contribution in [0.15, 0.2) is 66.9 Å².